The average Bonchev–Trinajstić information content (AvgIpc) is 2.60. The molecule has 2 aromatic rings. The van der Waals surface area contributed by atoms with E-state index in [2.05, 4.69) is 0 Å². The molecule has 0 saturated heterocycles. The van der Waals surface area contributed by atoms with Gasteiger partial charge in [0.05, 0.1) is 0 Å². The Labute approximate surface area is 143 Å². The lowest BCUT2D eigenvalue weighted by atomic mass is 10.1. The van der Waals surface area contributed by atoms with Crippen molar-refractivity contribution in [2.24, 2.45) is 0 Å². The van der Waals surface area contributed by atoms with Crippen molar-refractivity contribution in [2.45, 2.75) is 39.4 Å². The minimum absolute atomic E-state index is 0.0408. The number of rotatable bonds is 9. The number of hydrogen-bond donors (Lipinski definition) is 1. The lowest BCUT2D eigenvalue weighted by molar-refractivity contribution is -0.122. The van der Waals surface area contributed by atoms with E-state index >= 15 is 0 Å². The van der Waals surface area contributed by atoms with E-state index in [0.717, 1.165) is 11.1 Å². The summed E-state index contributed by atoms with van der Waals surface area (Å²) in [7, 11) is 0. The molecule has 0 saturated carbocycles. The highest BCUT2D eigenvalue weighted by Crippen LogP contribution is 2.33. The number of ether oxygens (including phenoxy) is 2. The van der Waals surface area contributed by atoms with E-state index in [0.29, 0.717) is 30.9 Å². The highest BCUT2D eigenvalue weighted by molar-refractivity contribution is 5.80. The van der Waals surface area contributed by atoms with Gasteiger partial charge in [-0.1, -0.05) is 42.5 Å². The van der Waals surface area contributed by atoms with Crippen molar-refractivity contribution in [3.8, 4) is 11.5 Å². The first-order chi connectivity index (χ1) is 11.6. The van der Waals surface area contributed by atoms with Gasteiger partial charge in [0.15, 0.2) is 23.4 Å². The van der Waals surface area contributed by atoms with E-state index < -0.39 is 6.10 Å². The molecule has 0 radical (unpaired) electrons. The van der Waals surface area contributed by atoms with Crippen molar-refractivity contribution in [3.05, 3.63) is 59.7 Å². The first-order valence-corrected chi connectivity index (χ1v) is 8.18. The Morgan fingerprint density at radius 1 is 1.12 bits per heavy atom. The van der Waals surface area contributed by atoms with Crippen LogP contribution in [0.3, 0.4) is 0 Å². The second-order valence-electron chi connectivity index (χ2n) is 5.72. The number of Topliss-reactive ketones (excluding diaryl/α,β-unsaturated/α-hetero) is 1. The quantitative estimate of drug-likeness (QED) is 0.765. The number of benzene rings is 2. The Bertz CT molecular complexity index is 652. The Kier molecular flexibility index (Phi) is 6.82. The molecule has 0 unspecified atom stereocenters. The Morgan fingerprint density at radius 3 is 2.54 bits per heavy atom. The summed E-state index contributed by atoms with van der Waals surface area (Å²) in [5.74, 6) is 1.16. The van der Waals surface area contributed by atoms with Gasteiger partial charge in [-0.25, -0.2) is 0 Å². The number of carbonyl (C=O) groups excluding carboxylic acids is 1. The summed E-state index contributed by atoms with van der Waals surface area (Å²) < 4.78 is 11.8. The fraction of sp³-hybridized carbons (Fsp3) is 0.350. The van der Waals surface area contributed by atoms with E-state index in [1.807, 2.05) is 48.5 Å². The van der Waals surface area contributed by atoms with Crippen LogP contribution in [0.2, 0.25) is 0 Å². The number of carbonyl (C=O) groups is 1. The van der Waals surface area contributed by atoms with E-state index in [1.165, 1.54) is 6.92 Å². The minimum Gasteiger partial charge on any atom is -0.485 e. The third-order valence-electron chi connectivity index (χ3n) is 3.77. The van der Waals surface area contributed by atoms with Crippen molar-refractivity contribution in [1.82, 2.24) is 0 Å². The van der Waals surface area contributed by atoms with Crippen LogP contribution < -0.4 is 9.47 Å². The summed E-state index contributed by atoms with van der Waals surface area (Å²) >= 11 is 0. The van der Waals surface area contributed by atoms with Crippen molar-refractivity contribution in [1.29, 1.82) is 0 Å². The molecule has 1 atom stereocenters. The fourth-order valence-corrected chi connectivity index (χ4v) is 2.27. The lowest BCUT2D eigenvalue weighted by Crippen LogP contribution is -2.21. The largest absolute Gasteiger partial charge is 0.485 e. The predicted octanol–water partition coefficient (Wildman–Crippen LogP) is 3.55. The summed E-state index contributed by atoms with van der Waals surface area (Å²) in [6.07, 6.45) is 0.755. The van der Waals surface area contributed by atoms with Crippen LogP contribution >= 0.6 is 0 Å². The van der Waals surface area contributed by atoms with E-state index in [1.54, 1.807) is 6.92 Å². The summed E-state index contributed by atoms with van der Waals surface area (Å²) in [5, 5.41) is 9.08. The molecule has 0 aromatic heterocycles. The first kappa shape index (κ1) is 18.0. The normalized spacial score (nSPS) is 11.8. The van der Waals surface area contributed by atoms with Crippen LogP contribution in [0, 0.1) is 0 Å². The van der Waals surface area contributed by atoms with Crippen LogP contribution in [0.4, 0.5) is 0 Å². The van der Waals surface area contributed by atoms with Gasteiger partial charge in [-0.05, 0) is 43.9 Å². The van der Waals surface area contributed by atoms with Gasteiger partial charge in [-0.2, -0.15) is 0 Å². The third-order valence-corrected chi connectivity index (χ3v) is 3.77. The maximum absolute atomic E-state index is 11.6. The number of aliphatic hydroxyl groups is 1. The fourth-order valence-electron chi connectivity index (χ4n) is 2.27. The van der Waals surface area contributed by atoms with Crippen LogP contribution in [0.5, 0.6) is 11.5 Å². The molecule has 0 aliphatic carbocycles. The maximum Gasteiger partial charge on any atom is 0.169 e. The number of aliphatic hydroxyl groups excluding tert-OH is 1. The molecule has 0 heterocycles. The van der Waals surface area contributed by atoms with Gasteiger partial charge in [-0.15, -0.1) is 0 Å². The molecule has 0 fully saturated rings. The molecule has 0 amide bonds. The Morgan fingerprint density at radius 2 is 1.88 bits per heavy atom. The number of ketones is 1. The summed E-state index contributed by atoms with van der Waals surface area (Å²) in [6.45, 7) is 3.77. The number of aryl methyl sites for hydroxylation is 1. The smallest absolute Gasteiger partial charge is 0.169 e. The highest BCUT2D eigenvalue weighted by atomic mass is 16.5. The summed E-state index contributed by atoms with van der Waals surface area (Å²) in [4.78, 5) is 11.6. The van der Waals surface area contributed by atoms with E-state index in [-0.39, 0.29) is 12.4 Å². The van der Waals surface area contributed by atoms with E-state index in [9.17, 15) is 4.79 Å². The Balaban J connectivity index is 2.22. The topological polar surface area (TPSA) is 55.8 Å². The van der Waals surface area contributed by atoms with Crippen LogP contribution in [-0.2, 0) is 17.8 Å². The molecule has 24 heavy (non-hydrogen) atoms. The zero-order chi connectivity index (χ0) is 17.4. The van der Waals surface area contributed by atoms with Crippen LogP contribution in [0.1, 0.15) is 31.4 Å². The summed E-state index contributed by atoms with van der Waals surface area (Å²) in [6, 6.07) is 15.6. The van der Waals surface area contributed by atoms with Crippen molar-refractivity contribution < 1.29 is 19.4 Å². The monoisotopic (exact) mass is 328 g/mol. The molecule has 0 spiro atoms. The van der Waals surface area contributed by atoms with Gasteiger partial charge >= 0.3 is 0 Å². The molecule has 1 N–H and O–H groups in total. The Hall–Kier alpha value is -2.33. The van der Waals surface area contributed by atoms with Crippen LogP contribution in [0.25, 0.3) is 0 Å². The maximum atomic E-state index is 11.6. The van der Waals surface area contributed by atoms with Gasteiger partial charge < -0.3 is 14.6 Å². The molecular weight excluding hydrogens is 304 g/mol. The van der Waals surface area contributed by atoms with Gasteiger partial charge in [0.25, 0.3) is 0 Å². The molecule has 2 rings (SSSR count). The molecular formula is C20H24O4. The van der Waals surface area contributed by atoms with Crippen molar-refractivity contribution >= 4 is 5.78 Å². The van der Waals surface area contributed by atoms with E-state index in [4.69, 9.17) is 14.6 Å². The minimum atomic E-state index is -0.542. The average molecular weight is 328 g/mol. The molecule has 0 aliphatic rings. The highest BCUT2D eigenvalue weighted by Gasteiger charge is 2.17. The second-order valence-corrected chi connectivity index (χ2v) is 5.72. The molecule has 0 aliphatic heterocycles. The standard InChI is InChI=1S/C20H24O4/c1-15(22)16(2)24-20-18(11-7-13-21)10-6-12-19(20)23-14-17-8-4-3-5-9-17/h3-6,8-10,12,16,21H,7,11,13-14H2,1-2H3/t16-/m1/s1. The molecule has 4 heteroatoms. The third kappa shape index (κ3) is 5.10. The zero-order valence-corrected chi connectivity index (χ0v) is 14.2. The zero-order valence-electron chi connectivity index (χ0n) is 14.2. The molecule has 0 bridgehead atoms. The predicted molar refractivity (Wildman–Crippen MR) is 93.4 cm³/mol. The van der Waals surface area contributed by atoms with Crippen LogP contribution in [0.15, 0.2) is 48.5 Å². The van der Waals surface area contributed by atoms with Gasteiger partial charge in [0, 0.05) is 6.61 Å². The SMILES string of the molecule is CC(=O)[C@@H](C)Oc1c(CCCO)cccc1OCc1ccccc1. The summed E-state index contributed by atoms with van der Waals surface area (Å²) in [5.41, 5.74) is 1.99. The number of hydrogen-bond acceptors (Lipinski definition) is 4. The van der Waals surface area contributed by atoms with Gasteiger partial charge in [-0.3, -0.25) is 4.79 Å². The van der Waals surface area contributed by atoms with Crippen molar-refractivity contribution in [2.75, 3.05) is 6.61 Å². The first-order valence-electron chi connectivity index (χ1n) is 8.18. The molecule has 128 valence electrons. The van der Waals surface area contributed by atoms with Gasteiger partial charge in [0.2, 0.25) is 0 Å². The molecule has 2 aromatic carbocycles. The second kappa shape index (κ2) is 9.08. The lowest BCUT2D eigenvalue weighted by Gasteiger charge is -2.19. The van der Waals surface area contributed by atoms with Gasteiger partial charge in [0.1, 0.15) is 6.61 Å². The van der Waals surface area contributed by atoms with Crippen molar-refractivity contribution in [3.63, 3.8) is 0 Å². The molecule has 4 nitrogen and oxygen atoms in total. The number of para-hydroxylation sites is 1. The van der Waals surface area contributed by atoms with Crippen LogP contribution in [-0.4, -0.2) is 23.6 Å².